The Morgan fingerprint density at radius 2 is 2.26 bits per heavy atom. The summed E-state index contributed by atoms with van der Waals surface area (Å²) in [7, 11) is 1.24. The zero-order valence-corrected chi connectivity index (χ0v) is 11.1. The van der Waals surface area contributed by atoms with Crippen molar-refractivity contribution in [2.75, 3.05) is 7.11 Å². The highest BCUT2D eigenvalue weighted by molar-refractivity contribution is 8.16. The summed E-state index contributed by atoms with van der Waals surface area (Å²) in [4.78, 5) is 41.2. The molecule has 0 aromatic heterocycles. The van der Waals surface area contributed by atoms with Crippen LogP contribution in [0.2, 0.25) is 0 Å². The molecule has 2 unspecified atom stereocenters. The van der Waals surface area contributed by atoms with E-state index >= 15 is 0 Å². The summed E-state index contributed by atoms with van der Waals surface area (Å²) in [5.74, 6) is -1.42. The average Bonchev–Trinajstić information content (AvgIpc) is 2.88. The van der Waals surface area contributed by atoms with Gasteiger partial charge >= 0.3 is 5.97 Å². The maximum Gasteiger partial charge on any atom is 0.344 e. The van der Waals surface area contributed by atoms with Gasteiger partial charge in [-0.3, -0.25) is 14.5 Å². The third kappa shape index (κ3) is 1.80. The summed E-state index contributed by atoms with van der Waals surface area (Å²) < 4.78 is 4.60. The number of esters is 1. The summed E-state index contributed by atoms with van der Waals surface area (Å²) in [5, 5.41) is 1.79. The second-order valence-corrected chi connectivity index (χ2v) is 5.49. The lowest BCUT2D eigenvalue weighted by Crippen LogP contribution is -2.52. The Kier molecular flexibility index (Phi) is 2.93. The van der Waals surface area contributed by atoms with Gasteiger partial charge < -0.3 is 4.74 Å². The molecule has 2 heterocycles. The highest BCUT2D eigenvalue weighted by Crippen LogP contribution is 2.39. The Labute approximate surface area is 113 Å². The summed E-state index contributed by atoms with van der Waals surface area (Å²) >= 11 is 1.13. The number of aliphatic imine (C=N–C) groups is 1. The molecule has 0 aromatic rings. The molecule has 0 radical (unpaired) electrons. The molecule has 6 nitrogen and oxygen atoms in total. The first kappa shape index (κ1) is 12.4. The Bertz CT molecular complexity index is 540. The zero-order chi connectivity index (χ0) is 13.6. The van der Waals surface area contributed by atoms with Gasteiger partial charge in [-0.2, -0.15) is 4.99 Å². The Morgan fingerprint density at radius 1 is 1.47 bits per heavy atom. The molecule has 0 spiro atoms. The van der Waals surface area contributed by atoms with Crippen LogP contribution in [-0.4, -0.2) is 41.0 Å². The minimum atomic E-state index is -0.650. The quantitative estimate of drug-likeness (QED) is 0.521. The smallest absolute Gasteiger partial charge is 0.344 e. The maximum atomic E-state index is 12.4. The van der Waals surface area contributed by atoms with Crippen LogP contribution in [0, 0.1) is 5.92 Å². The Balaban J connectivity index is 1.99. The van der Waals surface area contributed by atoms with E-state index in [-0.39, 0.29) is 23.4 Å². The fourth-order valence-corrected chi connectivity index (χ4v) is 3.66. The molecule has 0 bridgehead atoms. The molecule has 0 aromatic carbocycles. The fraction of sp³-hybridized carbons (Fsp3) is 0.500. The van der Waals surface area contributed by atoms with E-state index in [1.807, 2.05) is 0 Å². The van der Waals surface area contributed by atoms with Crippen LogP contribution < -0.4 is 0 Å². The minimum Gasteiger partial charge on any atom is -0.465 e. The molecule has 0 saturated heterocycles. The number of hydrogen-bond acceptors (Lipinski definition) is 5. The van der Waals surface area contributed by atoms with E-state index in [1.54, 1.807) is 0 Å². The SMILES string of the molecule is COC(=O)C1=CSC2=NC(=O)C3CCCC3N2C1=O. The van der Waals surface area contributed by atoms with Gasteiger partial charge in [-0.15, -0.1) is 0 Å². The highest BCUT2D eigenvalue weighted by atomic mass is 32.2. The van der Waals surface area contributed by atoms with Gasteiger partial charge in [-0.25, -0.2) is 4.79 Å². The van der Waals surface area contributed by atoms with Gasteiger partial charge in [0.1, 0.15) is 5.57 Å². The van der Waals surface area contributed by atoms with E-state index in [0.717, 1.165) is 31.0 Å². The number of fused-ring (bicyclic) bond motifs is 3. The molecule has 2 amide bonds. The number of amides is 2. The maximum absolute atomic E-state index is 12.4. The lowest BCUT2D eigenvalue weighted by molar-refractivity contribution is -0.139. The third-order valence-corrected chi connectivity index (χ3v) is 4.53. The van der Waals surface area contributed by atoms with Crippen LogP contribution in [0.5, 0.6) is 0 Å². The molecule has 0 N–H and O–H groups in total. The topological polar surface area (TPSA) is 76.0 Å². The van der Waals surface area contributed by atoms with Gasteiger partial charge in [0.2, 0.25) is 0 Å². The Hall–Kier alpha value is -1.63. The van der Waals surface area contributed by atoms with Crippen LogP contribution in [0.1, 0.15) is 19.3 Å². The second kappa shape index (κ2) is 4.48. The summed E-state index contributed by atoms with van der Waals surface area (Å²) in [6, 6.07) is -0.159. The van der Waals surface area contributed by atoms with Crippen LogP contribution in [-0.2, 0) is 19.1 Å². The van der Waals surface area contributed by atoms with Crippen molar-refractivity contribution in [3.05, 3.63) is 11.0 Å². The van der Waals surface area contributed by atoms with Crippen LogP contribution in [0.3, 0.4) is 0 Å². The van der Waals surface area contributed by atoms with Gasteiger partial charge in [0.15, 0.2) is 5.17 Å². The molecule has 7 heteroatoms. The fourth-order valence-electron chi connectivity index (χ4n) is 2.77. The first-order chi connectivity index (χ1) is 9.13. The number of nitrogens with zero attached hydrogens (tertiary/aromatic N) is 2. The zero-order valence-electron chi connectivity index (χ0n) is 10.3. The van der Waals surface area contributed by atoms with Gasteiger partial charge in [0, 0.05) is 0 Å². The van der Waals surface area contributed by atoms with Gasteiger partial charge in [-0.1, -0.05) is 18.2 Å². The summed E-state index contributed by atoms with van der Waals surface area (Å²) in [6.45, 7) is 0. The number of carbonyl (C=O) groups is 3. The van der Waals surface area contributed by atoms with Crippen molar-refractivity contribution in [2.45, 2.75) is 25.3 Å². The van der Waals surface area contributed by atoms with E-state index in [4.69, 9.17) is 0 Å². The molecule has 1 fully saturated rings. The van der Waals surface area contributed by atoms with Crippen molar-refractivity contribution in [3.8, 4) is 0 Å². The summed E-state index contributed by atoms with van der Waals surface area (Å²) in [6.07, 6.45) is 2.43. The number of methoxy groups -OCH3 is 1. The lowest BCUT2D eigenvalue weighted by atomic mass is 9.99. The largest absolute Gasteiger partial charge is 0.465 e. The molecule has 2 aliphatic heterocycles. The average molecular weight is 280 g/mol. The van der Waals surface area contributed by atoms with E-state index < -0.39 is 11.9 Å². The standard InChI is InChI=1S/C12H12N2O4S/c1-18-11(17)7-5-19-12-13-9(15)6-3-2-4-8(6)14(12)10(7)16/h5-6,8H,2-4H2,1H3. The van der Waals surface area contributed by atoms with Crippen LogP contribution in [0.25, 0.3) is 0 Å². The minimum absolute atomic E-state index is 0.00597. The van der Waals surface area contributed by atoms with Crippen LogP contribution in [0.4, 0.5) is 0 Å². The number of hydrogen-bond donors (Lipinski definition) is 0. The number of ether oxygens (including phenoxy) is 1. The van der Waals surface area contributed by atoms with Crippen molar-refractivity contribution in [2.24, 2.45) is 10.9 Å². The molecule has 1 aliphatic carbocycles. The molecule has 2 atom stereocenters. The molecular weight excluding hydrogens is 268 g/mol. The first-order valence-corrected chi connectivity index (χ1v) is 6.92. The third-order valence-electron chi connectivity index (χ3n) is 3.68. The predicted molar refractivity (Wildman–Crippen MR) is 68.1 cm³/mol. The molecule has 1 saturated carbocycles. The molecule has 3 aliphatic rings. The van der Waals surface area contributed by atoms with E-state index in [0.29, 0.717) is 5.17 Å². The van der Waals surface area contributed by atoms with Crippen molar-refractivity contribution in [3.63, 3.8) is 0 Å². The lowest BCUT2D eigenvalue weighted by Gasteiger charge is -2.37. The monoisotopic (exact) mass is 280 g/mol. The number of carbonyl (C=O) groups excluding carboxylic acids is 3. The van der Waals surface area contributed by atoms with E-state index in [2.05, 4.69) is 9.73 Å². The van der Waals surface area contributed by atoms with Gasteiger partial charge in [-0.05, 0) is 18.2 Å². The first-order valence-electron chi connectivity index (χ1n) is 6.04. The Morgan fingerprint density at radius 3 is 3.00 bits per heavy atom. The van der Waals surface area contributed by atoms with E-state index in [1.165, 1.54) is 17.4 Å². The second-order valence-electron chi connectivity index (χ2n) is 4.65. The van der Waals surface area contributed by atoms with Crippen LogP contribution >= 0.6 is 11.8 Å². The van der Waals surface area contributed by atoms with Gasteiger partial charge in [0.05, 0.1) is 19.1 Å². The highest BCUT2D eigenvalue weighted by Gasteiger charge is 2.47. The molecule has 19 heavy (non-hydrogen) atoms. The normalized spacial score (nSPS) is 29.4. The molecular formula is C12H12N2O4S. The number of amidine groups is 1. The number of thioether (sulfide) groups is 1. The van der Waals surface area contributed by atoms with Crippen molar-refractivity contribution >= 4 is 34.7 Å². The number of rotatable bonds is 1. The van der Waals surface area contributed by atoms with Crippen molar-refractivity contribution in [1.29, 1.82) is 0 Å². The van der Waals surface area contributed by atoms with Crippen molar-refractivity contribution < 1.29 is 19.1 Å². The van der Waals surface area contributed by atoms with E-state index in [9.17, 15) is 14.4 Å². The van der Waals surface area contributed by atoms with Gasteiger partial charge in [0.25, 0.3) is 11.8 Å². The summed E-state index contributed by atoms with van der Waals surface area (Å²) in [5.41, 5.74) is 0.00597. The van der Waals surface area contributed by atoms with Crippen molar-refractivity contribution in [1.82, 2.24) is 4.90 Å². The molecule has 100 valence electrons. The molecule has 3 rings (SSSR count). The predicted octanol–water partition coefficient (Wildman–Crippen LogP) is 0.684. The van der Waals surface area contributed by atoms with Crippen LogP contribution in [0.15, 0.2) is 16.0 Å².